The number of Topliss-reactive ketones (excluding diaryl/α,β-unsaturated/α-hetero) is 1. The van der Waals surface area contributed by atoms with Crippen LogP contribution in [0, 0.1) is 5.41 Å². The van der Waals surface area contributed by atoms with Gasteiger partial charge >= 0.3 is 6.09 Å². The molecule has 3 aliphatic rings. The Morgan fingerprint density at radius 3 is 2.24 bits per heavy atom. The second-order valence-electron chi connectivity index (χ2n) is 10.4. The molecule has 2 saturated heterocycles. The average molecular weight is 464 g/mol. The van der Waals surface area contributed by atoms with Gasteiger partial charge in [-0.05, 0) is 39.2 Å². The van der Waals surface area contributed by atoms with E-state index in [1.807, 2.05) is 24.8 Å². The maximum atomic E-state index is 13.0. The van der Waals surface area contributed by atoms with Crippen LogP contribution in [0.4, 0.5) is 10.7 Å². The Bertz CT molecular complexity index is 1020. The van der Waals surface area contributed by atoms with Crippen LogP contribution < -0.4 is 4.90 Å². The summed E-state index contributed by atoms with van der Waals surface area (Å²) in [6.07, 6.45) is 4.86. The molecule has 1 saturated carbocycles. The van der Waals surface area contributed by atoms with Crippen LogP contribution in [-0.2, 0) is 11.3 Å². The first-order valence-electron chi connectivity index (χ1n) is 12.1. The van der Waals surface area contributed by atoms with Crippen LogP contribution in [0.3, 0.4) is 0 Å². The van der Waals surface area contributed by atoms with Crippen LogP contribution in [0.5, 0.6) is 0 Å². The largest absolute Gasteiger partial charge is 0.446 e. The number of carbonyl (C=O) groups is 2. The van der Waals surface area contributed by atoms with Gasteiger partial charge in [0, 0.05) is 50.5 Å². The van der Waals surface area contributed by atoms with E-state index in [-0.39, 0.29) is 30.1 Å². The van der Waals surface area contributed by atoms with Crippen molar-refractivity contribution in [2.75, 3.05) is 31.1 Å². The van der Waals surface area contributed by atoms with Crippen LogP contribution in [0.1, 0.15) is 49.5 Å². The minimum Gasteiger partial charge on any atom is -0.446 e. The molecule has 1 spiro atoms. The van der Waals surface area contributed by atoms with Crippen LogP contribution in [0.2, 0.25) is 0 Å². The van der Waals surface area contributed by atoms with E-state index in [1.54, 1.807) is 12.4 Å². The molecule has 5 rings (SSSR count). The topological polar surface area (TPSA) is 78.9 Å². The van der Waals surface area contributed by atoms with Crippen molar-refractivity contribution in [1.29, 1.82) is 0 Å². The zero-order valence-corrected chi connectivity index (χ0v) is 20.2. The highest BCUT2D eigenvalue weighted by Gasteiger charge is 2.54. The van der Waals surface area contributed by atoms with Gasteiger partial charge < -0.3 is 9.64 Å². The Morgan fingerprint density at radius 2 is 1.65 bits per heavy atom. The number of hydrogen-bond acceptors (Lipinski definition) is 7. The van der Waals surface area contributed by atoms with Crippen LogP contribution in [-0.4, -0.2) is 76.0 Å². The molecule has 0 N–H and O–H groups in total. The van der Waals surface area contributed by atoms with E-state index in [4.69, 9.17) is 4.74 Å². The monoisotopic (exact) mass is 463 g/mol. The number of amides is 1. The van der Waals surface area contributed by atoms with Gasteiger partial charge in [0.15, 0.2) is 5.78 Å². The number of piperazine rings is 1. The summed E-state index contributed by atoms with van der Waals surface area (Å²) in [7, 11) is 0. The summed E-state index contributed by atoms with van der Waals surface area (Å²) in [6.45, 7) is 9.99. The fraction of sp³-hybridized carbons (Fsp3) is 0.538. The molecular formula is C26H33N5O3. The first-order valence-corrected chi connectivity index (χ1v) is 12.1. The lowest BCUT2D eigenvalue weighted by molar-refractivity contribution is -0.137. The Kier molecular flexibility index (Phi) is 6.02. The molecule has 2 aliphatic heterocycles. The molecule has 3 heterocycles. The summed E-state index contributed by atoms with van der Waals surface area (Å²) in [5.74, 6) is 0.534. The molecular weight excluding hydrogens is 430 g/mol. The van der Waals surface area contributed by atoms with Crippen molar-refractivity contribution in [1.82, 2.24) is 19.8 Å². The number of benzene rings is 1. The number of aromatic nitrogens is 2. The minimum atomic E-state index is -0.215. The zero-order valence-electron chi connectivity index (χ0n) is 20.2. The smallest absolute Gasteiger partial charge is 0.410 e. The summed E-state index contributed by atoms with van der Waals surface area (Å²) in [6, 6.07) is 10.5. The first-order chi connectivity index (χ1) is 16.3. The van der Waals surface area contributed by atoms with Gasteiger partial charge in [0.05, 0.1) is 17.6 Å². The van der Waals surface area contributed by atoms with Gasteiger partial charge in [-0.3, -0.25) is 14.6 Å². The summed E-state index contributed by atoms with van der Waals surface area (Å²) in [5.41, 5.74) is 2.18. The van der Waals surface area contributed by atoms with Gasteiger partial charge in [0.2, 0.25) is 5.95 Å². The fourth-order valence-electron chi connectivity index (χ4n) is 5.82. The Labute approximate surface area is 200 Å². The Balaban J connectivity index is 1.09. The van der Waals surface area contributed by atoms with E-state index < -0.39 is 0 Å². The van der Waals surface area contributed by atoms with Gasteiger partial charge in [-0.15, -0.1) is 0 Å². The minimum absolute atomic E-state index is 0.0197. The lowest BCUT2D eigenvalue weighted by Gasteiger charge is -2.58. The van der Waals surface area contributed by atoms with Crippen molar-refractivity contribution in [2.24, 2.45) is 5.41 Å². The van der Waals surface area contributed by atoms with E-state index in [0.717, 1.165) is 32.5 Å². The molecule has 0 unspecified atom stereocenters. The van der Waals surface area contributed by atoms with Crippen molar-refractivity contribution < 1.29 is 14.3 Å². The van der Waals surface area contributed by atoms with Gasteiger partial charge in [0.1, 0.15) is 6.10 Å². The van der Waals surface area contributed by atoms with Crippen molar-refractivity contribution in [3.05, 3.63) is 53.9 Å². The lowest BCUT2D eigenvalue weighted by atomic mass is 9.61. The normalized spacial score (nSPS) is 24.4. The molecule has 2 aromatic rings. The maximum Gasteiger partial charge on any atom is 0.410 e. The predicted molar refractivity (Wildman–Crippen MR) is 129 cm³/mol. The zero-order chi connectivity index (χ0) is 23.9. The van der Waals surface area contributed by atoms with Gasteiger partial charge in [-0.25, -0.2) is 14.8 Å². The van der Waals surface area contributed by atoms with Gasteiger partial charge in [0.25, 0.3) is 0 Å². The molecule has 0 radical (unpaired) electrons. The lowest BCUT2D eigenvalue weighted by Crippen LogP contribution is -2.65. The van der Waals surface area contributed by atoms with E-state index >= 15 is 0 Å². The Hall–Kier alpha value is -3.00. The highest BCUT2D eigenvalue weighted by molar-refractivity contribution is 5.93. The second kappa shape index (κ2) is 8.98. The SMILES string of the molecule is CC(=O)c1cnc(N2C[C@@H](C)N(C(=O)OC3CC4(C3)CN(Cc3ccccc3)C4)[C@@H](C)C2)nc1. The van der Waals surface area contributed by atoms with E-state index in [2.05, 4.69) is 44.0 Å². The molecule has 8 heteroatoms. The number of likely N-dealkylation sites (tertiary alicyclic amines) is 1. The molecule has 1 aliphatic carbocycles. The van der Waals surface area contributed by atoms with Crippen molar-refractivity contribution in [3.63, 3.8) is 0 Å². The summed E-state index contributed by atoms with van der Waals surface area (Å²) in [5, 5.41) is 0. The quantitative estimate of drug-likeness (QED) is 0.629. The molecule has 180 valence electrons. The maximum absolute atomic E-state index is 13.0. The molecule has 0 bridgehead atoms. The van der Waals surface area contributed by atoms with Gasteiger partial charge in [-0.2, -0.15) is 0 Å². The summed E-state index contributed by atoms with van der Waals surface area (Å²) >= 11 is 0. The molecule has 2 atom stereocenters. The molecule has 1 amide bonds. The third-order valence-corrected chi connectivity index (χ3v) is 7.41. The van der Waals surface area contributed by atoms with Crippen molar-refractivity contribution in [2.45, 2.75) is 58.3 Å². The number of anilines is 1. The standard InChI is InChI=1S/C26H33N5O3/c1-18-13-30(24-27-11-22(12-28-24)20(3)32)14-19(2)31(18)25(33)34-23-9-26(10-23)16-29(17-26)15-21-7-5-4-6-8-21/h4-8,11-12,18-19,23H,9-10,13-17H2,1-3H3/t18-,19+. The third-order valence-electron chi connectivity index (χ3n) is 7.41. The van der Waals surface area contributed by atoms with Crippen LogP contribution in [0.25, 0.3) is 0 Å². The number of hydrogen-bond donors (Lipinski definition) is 0. The van der Waals surface area contributed by atoms with E-state index in [0.29, 0.717) is 30.0 Å². The number of nitrogens with zero attached hydrogens (tertiary/aromatic N) is 5. The van der Waals surface area contributed by atoms with Crippen LogP contribution >= 0.6 is 0 Å². The highest BCUT2D eigenvalue weighted by Crippen LogP contribution is 2.50. The second-order valence-corrected chi connectivity index (χ2v) is 10.4. The molecule has 1 aromatic heterocycles. The van der Waals surface area contributed by atoms with E-state index in [9.17, 15) is 9.59 Å². The number of ether oxygens (including phenoxy) is 1. The number of carbonyl (C=O) groups excluding carboxylic acids is 2. The third kappa shape index (κ3) is 4.51. The van der Waals surface area contributed by atoms with Crippen molar-refractivity contribution >= 4 is 17.8 Å². The predicted octanol–water partition coefficient (Wildman–Crippen LogP) is 3.38. The average Bonchev–Trinajstić information content (AvgIpc) is 2.76. The highest BCUT2D eigenvalue weighted by atomic mass is 16.6. The number of ketones is 1. The number of rotatable bonds is 5. The molecule has 3 fully saturated rings. The molecule has 1 aromatic carbocycles. The first kappa shape index (κ1) is 22.8. The summed E-state index contributed by atoms with van der Waals surface area (Å²) in [4.78, 5) is 39.6. The summed E-state index contributed by atoms with van der Waals surface area (Å²) < 4.78 is 5.92. The molecule has 34 heavy (non-hydrogen) atoms. The van der Waals surface area contributed by atoms with E-state index in [1.165, 1.54) is 12.5 Å². The van der Waals surface area contributed by atoms with Crippen molar-refractivity contribution in [3.8, 4) is 0 Å². The van der Waals surface area contributed by atoms with Crippen LogP contribution in [0.15, 0.2) is 42.7 Å². The Morgan fingerprint density at radius 1 is 1.03 bits per heavy atom. The molecule has 8 nitrogen and oxygen atoms in total. The van der Waals surface area contributed by atoms with Gasteiger partial charge in [-0.1, -0.05) is 30.3 Å². The fourth-order valence-corrected chi connectivity index (χ4v) is 5.82.